The van der Waals surface area contributed by atoms with Gasteiger partial charge in [-0.25, -0.2) is 0 Å². The first kappa shape index (κ1) is 34.4. The number of methoxy groups -OCH3 is 2. The molecule has 0 aromatic heterocycles. The van der Waals surface area contributed by atoms with E-state index in [-0.39, 0.29) is 28.8 Å². The molecule has 1 aliphatic rings. The maximum absolute atomic E-state index is 13.9. The van der Waals surface area contributed by atoms with E-state index in [0.717, 1.165) is 29.5 Å². The van der Waals surface area contributed by atoms with E-state index in [1.807, 2.05) is 60.7 Å². The van der Waals surface area contributed by atoms with Gasteiger partial charge in [0.25, 0.3) is 0 Å². The fourth-order valence-corrected chi connectivity index (χ4v) is 7.05. The lowest BCUT2D eigenvalue weighted by Crippen LogP contribution is -2.34. The molecule has 2 unspecified atom stereocenters. The number of nitrogens with one attached hydrogen (secondary N) is 1. The topological polar surface area (TPSA) is 111 Å². The molecule has 1 saturated heterocycles. The van der Waals surface area contributed by atoms with E-state index in [2.05, 4.69) is 29.3 Å². The quantitative estimate of drug-likeness (QED) is 0.169. The Morgan fingerprint density at radius 1 is 0.917 bits per heavy atom. The zero-order valence-electron chi connectivity index (χ0n) is 26.7. The molecule has 3 N–H and O–H groups in total. The summed E-state index contributed by atoms with van der Waals surface area (Å²) >= 11 is 7.61. The van der Waals surface area contributed by atoms with E-state index < -0.39 is 16.5 Å². The summed E-state index contributed by atoms with van der Waals surface area (Å²) in [6.07, 6.45) is 2.18. The van der Waals surface area contributed by atoms with Crippen molar-refractivity contribution in [3.05, 3.63) is 124 Å². The van der Waals surface area contributed by atoms with Crippen LogP contribution in [-0.4, -0.2) is 43.7 Å². The van der Waals surface area contributed by atoms with Crippen molar-refractivity contribution in [1.82, 2.24) is 5.32 Å². The number of hydrogen-bond donors (Lipinski definition) is 2. The molecule has 0 bridgehead atoms. The van der Waals surface area contributed by atoms with Crippen LogP contribution in [0, 0.1) is 11.8 Å². The third-order valence-corrected chi connectivity index (χ3v) is 9.67. The highest BCUT2D eigenvalue weighted by molar-refractivity contribution is 8.01. The number of anilines is 1. The number of benzene rings is 4. The number of carbonyl (C=O) groups excluding carboxylic acids is 3. The molecular formula is C38H36ClN3O5S. The molecule has 0 radical (unpaired) electrons. The highest BCUT2D eigenvalue weighted by Crippen LogP contribution is 2.47. The first-order valence-electron chi connectivity index (χ1n) is 15.5. The van der Waals surface area contributed by atoms with Gasteiger partial charge in [0.15, 0.2) is 11.5 Å². The Hall–Kier alpha value is -4.91. The van der Waals surface area contributed by atoms with E-state index in [0.29, 0.717) is 30.2 Å². The summed E-state index contributed by atoms with van der Waals surface area (Å²) in [5.74, 6) is 6.52. The van der Waals surface area contributed by atoms with Gasteiger partial charge in [0, 0.05) is 30.6 Å². The van der Waals surface area contributed by atoms with Gasteiger partial charge in [-0.1, -0.05) is 72.0 Å². The lowest BCUT2D eigenvalue weighted by Gasteiger charge is -2.25. The number of rotatable bonds is 12. The van der Waals surface area contributed by atoms with E-state index in [1.54, 1.807) is 31.3 Å². The highest BCUT2D eigenvalue weighted by atomic mass is 35.5. The Kier molecular flexibility index (Phi) is 11.7. The minimum atomic E-state index is -0.696. The lowest BCUT2D eigenvalue weighted by molar-refractivity contribution is -0.124. The molecule has 10 heteroatoms. The Morgan fingerprint density at radius 2 is 1.67 bits per heavy atom. The number of nitrogens with two attached hydrogens (primary N) is 1. The lowest BCUT2D eigenvalue weighted by atomic mass is 10.1. The summed E-state index contributed by atoms with van der Waals surface area (Å²) in [5.41, 5.74) is 10.1. The van der Waals surface area contributed by atoms with Gasteiger partial charge in [-0.3, -0.25) is 19.3 Å². The normalized spacial score (nSPS) is 15.4. The molecule has 4 aromatic carbocycles. The minimum Gasteiger partial charge on any atom is -0.493 e. The molecule has 246 valence electrons. The van der Waals surface area contributed by atoms with Gasteiger partial charge in [-0.2, -0.15) is 0 Å². The van der Waals surface area contributed by atoms with Crippen LogP contribution in [0.4, 0.5) is 5.69 Å². The molecule has 0 spiro atoms. The molecule has 48 heavy (non-hydrogen) atoms. The van der Waals surface area contributed by atoms with Gasteiger partial charge >= 0.3 is 0 Å². The summed E-state index contributed by atoms with van der Waals surface area (Å²) in [6.45, 7) is 0.389. The largest absolute Gasteiger partial charge is 0.493 e. The summed E-state index contributed by atoms with van der Waals surface area (Å²) in [6, 6.07) is 28.3. The van der Waals surface area contributed by atoms with Crippen LogP contribution < -0.4 is 25.4 Å². The van der Waals surface area contributed by atoms with Crippen molar-refractivity contribution < 1.29 is 23.9 Å². The Balaban J connectivity index is 1.29. The Morgan fingerprint density at radius 3 is 2.38 bits per heavy atom. The van der Waals surface area contributed by atoms with Gasteiger partial charge in [0.2, 0.25) is 17.7 Å². The van der Waals surface area contributed by atoms with Crippen molar-refractivity contribution in [3.8, 4) is 23.3 Å². The number of carbonyl (C=O) groups is 3. The molecule has 1 heterocycles. The van der Waals surface area contributed by atoms with Crippen LogP contribution in [0.2, 0.25) is 5.02 Å². The SMILES string of the molecule is COc1ccc(CCNC(=O)CC2SC(c3ccc(C#CCCc4ccccc4)cc3)N(c3ccc(Cl)c(C(N)=O)c3)C2=O)cc1OC. The van der Waals surface area contributed by atoms with Crippen molar-refractivity contribution in [2.24, 2.45) is 5.73 Å². The molecular weight excluding hydrogens is 646 g/mol. The monoisotopic (exact) mass is 681 g/mol. The average Bonchev–Trinajstić information content (AvgIpc) is 3.42. The predicted molar refractivity (Wildman–Crippen MR) is 191 cm³/mol. The second kappa shape index (κ2) is 16.3. The number of hydrogen-bond acceptors (Lipinski definition) is 6. The fraction of sp³-hybridized carbons (Fsp3) is 0.237. The van der Waals surface area contributed by atoms with Crippen molar-refractivity contribution in [1.29, 1.82) is 0 Å². The fourth-order valence-electron chi connectivity index (χ4n) is 5.39. The van der Waals surface area contributed by atoms with Crippen molar-refractivity contribution in [3.63, 3.8) is 0 Å². The number of primary amides is 1. The molecule has 1 fully saturated rings. The summed E-state index contributed by atoms with van der Waals surface area (Å²) in [4.78, 5) is 40.6. The number of amides is 3. The van der Waals surface area contributed by atoms with E-state index >= 15 is 0 Å². The molecule has 0 aliphatic carbocycles. The molecule has 0 saturated carbocycles. The van der Waals surface area contributed by atoms with Gasteiger partial charge in [0.05, 0.1) is 30.1 Å². The van der Waals surface area contributed by atoms with Gasteiger partial charge in [-0.05, 0) is 72.0 Å². The molecule has 4 aromatic rings. The number of halogens is 1. The molecule has 5 rings (SSSR count). The van der Waals surface area contributed by atoms with Crippen molar-refractivity contribution in [2.75, 3.05) is 25.7 Å². The molecule has 8 nitrogen and oxygen atoms in total. The number of thioether (sulfide) groups is 1. The van der Waals surface area contributed by atoms with Gasteiger partial charge < -0.3 is 20.5 Å². The van der Waals surface area contributed by atoms with Crippen LogP contribution in [0.3, 0.4) is 0 Å². The van der Waals surface area contributed by atoms with Gasteiger partial charge in [-0.15, -0.1) is 11.8 Å². The van der Waals surface area contributed by atoms with E-state index in [9.17, 15) is 14.4 Å². The predicted octanol–water partition coefficient (Wildman–Crippen LogP) is 6.34. The third-order valence-electron chi connectivity index (χ3n) is 7.90. The first-order chi connectivity index (χ1) is 23.3. The van der Waals surface area contributed by atoms with Crippen molar-refractivity contribution >= 4 is 46.8 Å². The van der Waals surface area contributed by atoms with Crippen LogP contribution in [0.5, 0.6) is 11.5 Å². The van der Waals surface area contributed by atoms with Crippen LogP contribution in [0.25, 0.3) is 0 Å². The molecule has 1 aliphatic heterocycles. The Labute approximate surface area is 289 Å². The second-order valence-corrected chi connectivity index (χ2v) is 12.8. The standard InChI is InChI=1S/C38H36ClN3O5S/c1-46-32-19-14-27(22-33(32)47-2)20-21-41-35(43)24-34-37(45)42(29-17-18-31(39)30(23-29)36(40)44)38(48-34)28-15-12-26(13-16-28)11-7-6-10-25-8-4-3-5-9-25/h3-5,8-9,12-19,22-23,34,38H,6,10,20-21,24H2,1-2H3,(H2,40,44)(H,41,43). The number of ether oxygens (including phenoxy) is 2. The summed E-state index contributed by atoms with van der Waals surface area (Å²) < 4.78 is 10.7. The highest BCUT2D eigenvalue weighted by Gasteiger charge is 2.43. The van der Waals surface area contributed by atoms with Crippen LogP contribution in [-0.2, 0) is 22.4 Å². The van der Waals surface area contributed by atoms with Crippen LogP contribution in [0.1, 0.15) is 50.8 Å². The Bertz CT molecular complexity index is 1840. The molecule has 3 amide bonds. The number of aryl methyl sites for hydroxylation is 1. The average molecular weight is 682 g/mol. The second-order valence-electron chi connectivity index (χ2n) is 11.1. The smallest absolute Gasteiger partial charge is 0.250 e. The van der Waals surface area contributed by atoms with Crippen LogP contribution >= 0.6 is 23.4 Å². The first-order valence-corrected chi connectivity index (χ1v) is 16.8. The minimum absolute atomic E-state index is 0.0102. The zero-order chi connectivity index (χ0) is 34.0. The van der Waals surface area contributed by atoms with Crippen LogP contribution in [0.15, 0.2) is 91.0 Å². The summed E-state index contributed by atoms with van der Waals surface area (Å²) in [5, 5.41) is 2.03. The van der Waals surface area contributed by atoms with Crippen molar-refractivity contribution in [2.45, 2.75) is 36.3 Å². The maximum Gasteiger partial charge on any atom is 0.250 e. The zero-order valence-corrected chi connectivity index (χ0v) is 28.3. The van der Waals surface area contributed by atoms with E-state index in [1.165, 1.54) is 23.4 Å². The molecule has 2 atom stereocenters. The maximum atomic E-state index is 13.9. The summed E-state index contributed by atoms with van der Waals surface area (Å²) in [7, 11) is 3.15. The third kappa shape index (κ3) is 8.51. The number of nitrogens with zero attached hydrogens (tertiary/aromatic N) is 1. The van der Waals surface area contributed by atoms with Gasteiger partial charge in [0.1, 0.15) is 5.37 Å². The van der Waals surface area contributed by atoms with E-state index in [4.69, 9.17) is 26.8 Å².